The Balaban J connectivity index is 1.18. The van der Waals surface area contributed by atoms with Gasteiger partial charge in [-0.05, 0) is 124 Å². The summed E-state index contributed by atoms with van der Waals surface area (Å²) < 4.78 is 0. The zero-order valence-corrected chi connectivity index (χ0v) is 25.1. The van der Waals surface area contributed by atoms with Crippen LogP contribution in [-0.4, -0.2) is 0 Å². The van der Waals surface area contributed by atoms with E-state index in [0.29, 0.717) is 0 Å². The van der Waals surface area contributed by atoms with Crippen molar-refractivity contribution in [2.75, 3.05) is 0 Å². The lowest BCUT2D eigenvalue weighted by atomic mass is 10.3. The maximum atomic E-state index is 2.31. The maximum absolute atomic E-state index is 2.31. The van der Waals surface area contributed by atoms with Gasteiger partial charge in [-0.2, -0.15) is 10.9 Å². The first-order chi connectivity index (χ1) is 19.8. The molecule has 0 saturated heterocycles. The van der Waals surface area contributed by atoms with Crippen molar-refractivity contribution in [1.82, 2.24) is 0 Å². The molecule has 0 aliphatic heterocycles. The minimum Gasteiger partial charge on any atom is -0.173 e. The van der Waals surface area contributed by atoms with E-state index in [-0.39, 0.29) is 0 Å². The summed E-state index contributed by atoms with van der Waals surface area (Å²) in [6.45, 7) is 0. The molecule has 0 saturated carbocycles. The fourth-order valence-corrected chi connectivity index (χ4v) is 9.06. The summed E-state index contributed by atoms with van der Waals surface area (Å²) in [5.74, 6) is 0. The highest BCUT2D eigenvalue weighted by Crippen LogP contribution is 2.52. The summed E-state index contributed by atoms with van der Waals surface area (Å²) in [7, 11) is -0.639. The molecule has 0 nitrogen and oxygen atoms in total. The van der Waals surface area contributed by atoms with E-state index in [1.807, 2.05) is 11.8 Å². The SMILES string of the molecule is c1ccc(Sc2ccc(Sc3ccc([SH](c4ccccc4)c4ccc(Sc5ccccc5)cc4)cc3)cc2)cc1. The molecule has 1 unspecified atom stereocenters. The van der Waals surface area contributed by atoms with Crippen molar-refractivity contribution in [2.45, 2.75) is 44.1 Å². The third kappa shape index (κ3) is 7.07. The lowest BCUT2D eigenvalue weighted by molar-refractivity contribution is 1.27. The van der Waals surface area contributed by atoms with Gasteiger partial charge in [0.1, 0.15) is 0 Å². The second-order valence-electron chi connectivity index (χ2n) is 9.06. The molecule has 1 atom stereocenters. The number of thiol groups is 1. The van der Waals surface area contributed by atoms with Gasteiger partial charge in [-0.15, -0.1) is 0 Å². The van der Waals surface area contributed by atoms with Crippen LogP contribution in [0.25, 0.3) is 0 Å². The van der Waals surface area contributed by atoms with Crippen molar-refractivity contribution < 1.29 is 0 Å². The van der Waals surface area contributed by atoms with E-state index < -0.39 is 10.9 Å². The molecule has 0 heterocycles. The molecule has 0 aliphatic carbocycles. The Morgan fingerprint density at radius 2 is 0.500 bits per heavy atom. The maximum Gasteiger partial charge on any atom is 0.0123 e. The minimum atomic E-state index is -0.639. The second kappa shape index (κ2) is 13.4. The highest BCUT2D eigenvalue weighted by Gasteiger charge is 2.13. The van der Waals surface area contributed by atoms with Crippen molar-refractivity contribution in [3.63, 3.8) is 0 Å². The fraction of sp³-hybridized carbons (Fsp3) is 0. The highest BCUT2D eigenvalue weighted by molar-refractivity contribution is 8.17. The van der Waals surface area contributed by atoms with Crippen molar-refractivity contribution in [1.29, 1.82) is 0 Å². The van der Waals surface area contributed by atoms with Gasteiger partial charge in [0.2, 0.25) is 0 Å². The zero-order chi connectivity index (χ0) is 27.0. The fourth-order valence-electron chi connectivity index (χ4n) is 4.31. The third-order valence-corrected chi connectivity index (χ3v) is 11.7. The van der Waals surface area contributed by atoms with Crippen LogP contribution in [0.5, 0.6) is 0 Å². The van der Waals surface area contributed by atoms with Crippen LogP contribution in [0.4, 0.5) is 0 Å². The van der Waals surface area contributed by atoms with Crippen LogP contribution in [-0.2, 0) is 0 Å². The van der Waals surface area contributed by atoms with Crippen LogP contribution >= 0.6 is 46.2 Å². The number of rotatable bonds is 9. The quantitative estimate of drug-likeness (QED) is 0.167. The van der Waals surface area contributed by atoms with Gasteiger partial charge in [0.15, 0.2) is 0 Å². The summed E-state index contributed by atoms with van der Waals surface area (Å²) in [5, 5.41) is 0. The van der Waals surface area contributed by atoms with Gasteiger partial charge in [0.05, 0.1) is 0 Å². The first-order valence-electron chi connectivity index (χ1n) is 13.1. The molecule has 0 bridgehead atoms. The molecule has 6 aromatic rings. The predicted molar refractivity (Wildman–Crippen MR) is 175 cm³/mol. The Hall–Kier alpha value is -3.28. The van der Waals surface area contributed by atoms with E-state index in [0.717, 1.165) is 0 Å². The molecule has 0 amide bonds. The average molecular weight is 589 g/mol. The molecule has 0 radical (unpaired) electrons. The Morgan fingerprint density at radius 1 is 0.250 bits per heavy atom. The topological polar surface area (TPSA) is 0 Å². The summed E-state index contributed by atoms with van der Waals surface area (Å²) in [4.78, 5) is 11.6. The van der Waals surface area contributed by atoms with Crippen molar-refractivity contribution >= 4 is 46.2 Å². The smallest absolute Gasteiger partial charge is 0.0123 e. The van der Waals surface area contributed by atoms with Crippen molar-refractivity contribution in [3.8, 4) is 0 Å². The van der Waals surface area contributed by atoms with Crippen molar-refractivity contribution in [2.24, 2.45) is 0 Å². The van der Waals surface area contributed by atoms with Gasteiger partial charge in [0.25, 0.3) is 0 Å². The molecule has 0 aliphatic rings. The molecule has 6 rings (SSSR count). The summed E-state index contributed by atoms with van der Waals surface area (Å²) in [6, 6.07) is 59.1. The Kier molecular flexibility index (Phi) is 9.01. The summed E-state index contributed by atoms with van der Waals surface area (Å²) >= 11 is 5.42. The standard InChI is InChI=1S/C36H28S4/c1-4-10-28(11-5-1)37-30-16-18-31(19-17-30)39-33-22-26-36(27-23-33)40(34-14-8-3-9-15-34)35-24-20-32(21-25-35)38-29-12-6-2-7-13-29/h1-27,40H. The van der Waals surface area contributed by atoms with E-state index in [9.17, 15) is 0 Å². The molecular weight excluding hydrogens is 561 g/mol. The second-order valence-corrected chi connectivity index (χ2v) is 14.7. The first-order valence-corrected chi connectivity index (χ1v) is 16.9. The van der Waals surface area contributed by atoms with Crippen LogP contribution in [0, 0.1) is 0 Å². The molecule has 0 aromatic heterocycles. The van der Waals surface area contributed by atoms with Gasteiger partial charge in [-0.25, -0.2) is 0 Å². The van der Waals surface area contributed by atoms with E-state index >= 15 is 0 Å². The van der Waals surface area contributed by atoms with E-state index in [1.54, 1.807) is 23.5 Å². The van der Waals surface area contributed by atoms with E-state index in [2.05, 4.69) is 164 Å². The molecular formula is C36H28S4. The molecule has 0 N–H and O–H groups in total. The number of hydrogen-bond acceptors (Lipinski definition) is 3. The van der Waals surface area contributed by atoms with Gasteiger partial charge in [-0.3, -0.25) is 0 Å². The Labute approximate surface area is 252 Å². The lowest BCUT2D eigenvalue weighted by Gasteiger charge is -2.24. The molecule has 6 aromatic carbocycles. The van der Waals surface area contributed by atoms with Gasteiger partial charge in [-0.1, -0.05) is 89.9 Å². The minimum absolute atomic E-state index is 0.639. The third-order valence-electron chi connectivity index (χ3n) is 6.22. The number of benzene rings is 6. The van der Waals surface area contributed by atoms with E-state index in [1.165, 1.54) is 44.1 Å². The van der Waals surface area contributed by atoms with Crippen LogP contribution in [0.3, 0.4) is 0 Å². The van der Waals surface area contributed by atoms with Gasteiger partial charge < -0.3 is 0 Å². The molecule has 196 valence electrons. The molecule has 40 heavy (non-hydrogen) atoms. The van der Waals surface area contributed by atoms with Crippen molar-refractivity contribution in [3.05, 3.63) is 164 Å². The van der Waals surface area contributed by atoms with Crippen LogP contribution in [0.15, 0.2) is 208 Å². The van der Waals surface area contributed by atoms with Gasteiger partial charge >= 0.3 is 0 Å². The molecule has 4 heteroatoms. The first kappa shape index (κ1) is 26.9. The van der Waals surface area contributed by atoms with E-state index in [4.69, 9.17) is 0 Å². The monoisotopic (exact) mass is 588 g/mol. The normalized spacial score (nSPS) is 12.2. The molecule has 0 fully saturated rings. The predicted octanol–water partition coefficient (Wildman–Crippen LogP) is 11.6. The van der Waals surface area contributed by atoms with Gasteiger partial charge in [0, 0.05) is 29.4 Å². The van der Waals surface area contributed by atoms with Crippen LogP contribution in [0.2, 0.25) is 0 Å². The lowest BCUT2D eigenvalue weighted by Crippen LogP contribution is -1.88. The Morgan fingerprint density at radius 3 is 0.850 bits per heavy atom. The van der Waals surface area contributed by atoms with Crippen LogP contribution in [0.1, 0.15) is 0 Å². The summed E-state index contributed by atoms with van der Waals surface area (Å²) in [6.07, 6.45) is 0. The molecule has 0 spiro atoms. The average Bonchev–Trinajstić information content (AvgIpc) is 3.02. The largest absolute Gasteiger partial charge is 0.173 e. The zero-order valence-electron chi connectivity index (χ0n) is 21.8. The highest BCUT2D eigenvalue weighted by atomic mass is 32.2. The number of hydrogen-bond donors (Lipinski definition) is 1. The summed E-state index contributed by atoms with van der Waals surface area (Å²) in [5.41, 5.74) is 0. The Bertz CT molecular complexity index is 1620. The van der Waals surface area contributed by atoms with Crippen LogP contribution < -0.4 is 0 Å².